The summed E-state index contributed by atoms with van der Waals surface area (Å²) in [4.78, 5) is 20.4. The van der Waals surface area contributed by atoms with Crippen molar-refractivity contribution in [2.75, 3.05) is 13.1 Å². The lowest BCUT2D eigenvalue weighted by Gasteiger charge is -2.52. The van der Waals surface area contributed by atoms with Crippen molar-refractivity contribution in [3.63, 3.8) is 0 Å². The number of nitrogens with zero attached hydrogens (tertiary/aromatic N) is 4. The van der Waals surface area contributed by atoms with Gasteiger partial charge in [-0.05, 0) is 73.8 Å². The largest absolute Gasteiger partial charge is 0.348 e. The summed E-state index contributed by atoms with van der Waals surface area (Å²) in [7, 11) is 0. The molecule has 7 heteroatoms. The maximum absolute atomic E-state index is 12.5. The highest BCUT2D eigenvalue weighted by Gasteiger charge is 2.46. The van der Waals surface area contributed by atoms with Crippen molar-refractivity contribution >= 4 is 17.4 Å². The molecule has 2 fully saturated rings. The number of hydrogen-bond donors (Lipinski definition) is 1. The normalized spacial score (nSPS) is 20.0. The van der Waals surface area contributed by atoms with Gasteiger partial charge in [0.05, 0.1) is 10.6 Å². The van der Waals surface area contributed by atoms with E-state index in [2.05, 4.69) is 50.8 Å². The van der Waals surface area contributed by atoms with Crippen molar-refractivity contribution in [3.05, 3.63) is 40.7 Å². The van der Waals surface area contributed by atoms with Crippen molar-refractivity contribution in [1.82, 2.24) is 24.8 Å². The summed E-state index contributed by atoms with van der Waals surface area (Å²) >= 11 is 1.33. The van der Waals surface area contributed by atoms with Crippen molar-refractivity contribution in [2.45, 2.75) is 58.0 Å². The minimum absolute atomic E-state index is 0.0557. The molecule has 6 nitrogen and oxygen atoms in total. The second kappa shape index (κ2) is 7.64. The molecule has 2 aromatic rings. The molecule has 0 bridgehead atoms. The third kappa shape index (κ3) is 4.04. The van der Waals surface area contributed by atoms with Gasteiger partial charge in [0.25, 0.3) is 5.91 Å². The van der Waals surface area contributed by atoms with Crippen LogP contribution in [0.4, 0.5) is 0 Å². The second-order valence-electron chi connectivity index (χ2n) is 8.32. The summed E-state index contributed by atoms with van der Waals surface area (Å²) in [6.45, 7) is 7.31. The third-order valence-corrected chi connectivity index (χ3v) is 7.00. The standard InChI is InChI=1S/C20H27N5OS/c1-14(2)18-17(23-24-27-18)19(26)22-16-11-20(12-16)6-9-25(10-7-20)13-15-5-3-4-8-21-15/h3-5,8,14,16H,6-7,9-13H2,1-2H3,(H,22,26). The topological polar surface area (TPSA) is 71.0 Å². The van der Waals surface area contributed by atoms with Crippen LogP contribution < -0.4 is 5.32 Å². The zero-order valence-corrected chi connectivity index (χ0v) is 16.8. The monoisotopic (exact) mass is 385 g/mol. The first-order valence-corrected chi connectivity index (χ1v) is 10.6. The van der Waals surface area contributed by atoms with Crippen LogP contribution in [0.25, 0.3) is 0 Å². The smallest absolute Gasteiger partial charge is 0.273 e. The van der Waals surface area contributed by atoms with Gasteiger partial charge >= 0.3 is 0 Å². The Bertz CT molecular complexity index is 775. The Kier molecular flexibility index (Phi) is 5.23. The number of aromatic nitrogens is 3. The lowest BCUT2D eigenvalue weighted by atomic mass is 9.60. The van der Waals surface area contributed by atoms with Crippen LogP contribution in [0.2, 0.25) is 0 Å². The maximum Gasteiger partial charge on any atom is 0.273 e. The minimum atomic E-state index is -0.0557. The molecule has 0 atom stereocenters. The predicted molar refractivity (Wildman–Crippen MR) is 106 cm³/mol. The molecule has 0 unspecified atom stereocenters. The summed E-state index contributed by atoms with van der Waals surface area (Å²) in [5, 5.41) is 7.22. The van der Waals surface area contributed by atoms with Crippen LogP contribution in [0, 0.1) is 5.41 Å². The fraction of sp³-hybridized carbons (Fsp3) is 0.600. The van der Waals surface area contributed by atoms with Gasteiger partial charge < -0.3 is 5.32 Å². The highest BCUT2D eigenvalue weighted by molar-refractivity contribution is 7.05. The van der Waals surface area contributed by atoms with E-state index in [4.69, 9.17) is 0 Å². The molecule has 1 saturated carbocycles. The Hall–Kier alpha value is -1.86. The Morgan fingerprint density at radius 2 is 2.11 bits per heavy atom. The van der Waals surface area contributed by atoms with Crippen LogP contribution >= 0.6 is 11.5 Å². The Balaban J connectivity index is 1.25. The van der Waals surface area contributed by atoms with Crippen LogP contribution in [0.5, 0.6) is 0 Å². The molecule has 2 aromatic heterocycles. The molecule has 2 aliphatic rings. The lowest BCUT2D eigenvalue weighted by Crippen LogP contribution is -2.54. The molecule has 0 aromatic carbocycles. The fourth-order valence-electron chi connectivity index (χ4n) is 4.39. The number of pyridine rings is 1. The van der Waals surface area contributed by atoms with E-state index >= 15 is 0 Å². The van der Waals surface area contributed by atoms with Gasteiger partial charge in [0.2, 0.25) is 0 Å². The van der Waals surface area contributed by atoms with E-state index < -0.39 is 0 Å². The van der Waals surface area contributed by atoms with Crippen molar-refractivity contribution < 1.29 is 4.79 Å². The van der Waals surface area contributed by atoms with E-state index in [0.717, 1.165) is 43.0 Å². The maximum atomic E-state index is 12.5. The van der Waals surface area contributed by atoms with Gasteiger partial charge in [0, 0.05) is 18.8 Å². The van der Waals surface area contributed by atoms with Crippen molar-refractivity contribution in [3.8, 4) is 0 Å². The summed E-state index contributed by atoms with van der Waals surface area (Å²) in [6.07, 6.45) is 6.46. The van der Waals surface area contributed by atoms with E-state index in [1.165, 1.54) is 24.4 Å². The molecule has 144 valence electrons. The summed E-state index contributed by atoms with van der Waals surface area (Å²) in [5.41, 5.74) is 2.07. The van der Waals surface area contributed by atoms with E-state index in [0.29, 0.717) is 11.1 Å². The zero-order chi connectivity index (χ0) is 18.9. The van der Waals surface area contributed by atoms with Gasteiger partial charge in [-0.3, -0.25) is 14.7 Å². The molecule has 1 amide bonds. The first-order valence-electron chi connectivity index (χ1n) is 9.80. The van der Waals surface area contributed by atoms with Gasteiger partial charge in [0.15, 0.2) is 5.69 Å². The number of rotatable bonds is 5. The summed E-state index contributed by atoms with van der Waals surface area (Å²) in [6, 6.07) is 6.39. The molecule has 3 heterocycles. The second-order valence-corrected chi connectivity index (χ2v) is 9.10. The summed E-state index contributed by atoms with van der Waals surface area (Å²) < 4.78 is 3.96. The zero-order valence-electron chi connectivity index (χ0n) is 16.0. The highest BCUT2D eigenvalue weighted by atomic mass is 32.1. The molecule has 1 aliphatic carbocycles. The fourth-order valence-corrected chi connectivity index (χ4v) is 5.03. The average Bonchev–Trinajstić information content (AvgIpc) is 3.13. The first kappa shape index (κ1) is 18.5. The molecule has 1 aliphatic heterocycles. The van der Waals surface area contributed by atoms with Crippen LogP contribution in [-0.2, 0) is 6.54 Å². The van der Waals surface area contributed by atoms with E-state index in [1.807, 2.05) is 12.3 Å². The lowest BCUT2D eigenvalue weighted by molar-refractivity contribution is 0.00428. The highest BCUT2D eigenvalue weighted by Crippen LogP contribution is 2.49. The van der Waals surface area contributed by atoms with Gasteiger partial charge in [0.1, 0.15) is 0 Å². The van der Waals surface area contributed by atoms with Crippen molar-refractivity contribution in [2.24, 2.45) is 5.41 Å². The average molecular weight is 386 g/mol. The van der Waals surface area contributed by atoms with Crippen molar-refractivity contribution in [1.29, 1.82) is 0 Å². The number of piperidine rings is 1. The number of amides is 1. The number of hydrogen-bond acceptors (Lipinski definition) is 6. The summed E-state index contributed by atoms with van der Waals surface area (Å²) in [5.74, 6) is 0.224. The SMILES string of the molecule is CC(C)c1snnc1C(=O)NC1CC2(CCN(Cc3ccccn3)CC2)C1. The number of carbonyl (C=O) groups is 1. The van der Waals surface area contributed by atoms with Gasteiger partial charge in [-0.25, -0.2) is 0 Å². The molecule has 27 heavy (non-hydrogen) atoms. The van der Waals surface area contributed by atoms with Crippen LogP contribution in [-0.4, -0.2) is 44.5 Å². The molecular formula is C20H27N5OS. The van der Waals surface area contributed by atoms with E-state index in [9.17, 15) is 4.79 Å². The molecular weight excluding hydrogens is 358 g/mol. The van der Waals surface area contributed by atoms with Gasteiger partial charge in [-0.2, -0.15) is 0 Å². The number of likely N-dealkylation sites (tertiary alicyclic amines) is 1. The van der Waals surface area contributed by atoms with E-state index in [-0.39, 0.29) is 17.9 Å². The molecule has 1 N–H and O–H groups in total. The first-order chi connectivity index (χ1) is 13.0. The molecule has 0 radical (unpaired) electrons. The predicted octanol–water partition coefficient (Wildman–Crippen LogP) is 3.23. The van der Waals surface area contributed by atoms with Crippen LogP contribution in [0.1, 0.15) is 66.5 Å². The van der Waals surface area contributed by atoms with Gasteiger partial charge in [-0.1, -0.05) is 24.4 Å². The quantitative estimate of drug-likeness (QED) is 0.856. The van der Waals surface area contributed by atoms with Crippen LogP contribution in [0.15, 0.2) is 24.4 Å². The van der Waals surface area contributed by atoms with Gasteiger partial charge in [-0.15, -0.1) is 5.10 Å². The number of carbonyl (C=O) groups excluding carboxylic acids is 1. The van der Waals surface area contributed by atoms with E-state index in [1.54, 1.807) is 0 Å². The van der Waals surface area contributed by atoms with Crippen LogP contribution in [0.3, 0.4) is 0 Å². The Morgan fingerprint density at radius 1 is 1.33 bits per heavy atom. The third-order valence-electron chi connectivity index (χ3n) is 5.98. The molecule has 4 rings (SSSR count). The number of nitrogens with one attached hydrogen (secondary N) is 1. The minimum Gasteiger partial charge on any atom is -0.348 e. The molecule has 1 spiro atoms. The Labute approximate surface area is 164 Å². The Morgan fingerprint density at radius 3 is 2.78 bits per heavy atom. The molecule has 1 saturated heterocycles.